The van der Waals surface area contributed by atoms with Gasteiger partial charge in [0.25, 0.3) is 5.91 Å². The molecule has 9 heteroatoms. The molecule has 0 aromatic carbocycles. The van der Waals surface area contributed by atoms with Crippen molar-refractivity contribution in [3.8, 4) is 0 Å². The Bertz CT molecular complexity index is 484. The van der Waals surface area contributed by atoms with Crippen molar-refractivity contribution >= 4 is 17.8 Å². The van der Waals surface area contributed by atoms with Crippen LogP contribution in [0.25, 0.3) is 0 Å². The maximum absolute atomic E-state index is 11.7. The normalized spacial score (nSPS) is 11.7. The summed E-state index contributed by atoms with van der Waals surface area (Å²) in [5.41, 5.74) is -0.0441. The molecule has 2 amide bonds. The zero-order valence-corrected chi connectivity index (χ0v) is 10.6. The molecule has 1 heterocycles. The topological polar surface area (TPSA) is 126 Å². The zero-order valence-electron chi connectivity index (χ0n) is 10.6. The van der Waals surface area contributed by atoms with Crippen LogP contribution < -0.4 is 10.6 Å². The summed E-state index contributed by atoms with van der Waals surface area (Å²) in [5, 5.41) is 20.6. The molecule has 3 N–H and O–H groups in total. The Morgan fingerprint density at radius 1 is 1.47 bits per heavy atom. The van der Waals surface area contributed by atoms with Gasteiger partial charge in [0.05, 0.1) is 6.20 Å². The Kier molecular flexibility index (Phi) is 4.98. The van der Waals surface area contributed by atoms with Crippen LogP contribution in [0.15, 0.2) is 6.20 Å². The van der Waals surface area contributed by atoms with Gasteiger partial charge in [-0.3, -0.25) is 14.4 Å². The fraction of sp³-hybridized carbons (Fsp3) is 0.500. The summed E-state index contributed by atoms with van der Waals surface area (Å²) in [4.78, 5) is 33.6. The highest BCUT2D eigenvalue weighted by atomic mass is 16.4. The fourth-order valence-electron chi connectivity index (χ4n) is 1.28. The van der Waals surface area contributed by atoms with E-state index in [4.69, 9.17) is 5.11 Å². The number of aliphatic carboxylic acids is 1. The Hall–Kier alpha value is -2.45. The first-order chi connectivity index (χ1) is 8.93. The van der Waals surface area contributed by atoms with Gasteiger partial charge in [-0.2, -0.15) is 0 Å². The highest BCUT2D eigenvalue weighted by molar-refractivity contribution is 5.95. The second kappa shape index (κ2) is 6.47. The SMILES string of the molecule is CCNC(=O)C(C)NC(=O)c1cn(CC(=O)O)nn1. The number of carboxylic acids is 1. The fourth-order valence-corrected chi connectivity index (χ4v) is 1.28. The Morgan fingerprint density at radius 3 is 2.74 bits per heavy atom. The molecule has 1 rings (SSSR count). The van der Waals surface area contributed by atoms with E-state index in [0.29, 0.717) is 6.54 Å². The number of nitrogens with one attached hydrogen (secondary N) is 2. The van der Waals surface area contributed by atoms with Crippen molar-refractivity contribution in [3.63, 3.8) is 0 Å². The van der Waals surface area contributed by atoms with Gasteiger partial charge < -0.3 is 15.7 Å². The minimum atomic E-state index is -1.09. The van der Waals surface area contributed by atoms with E-state index in [1.165, 1.54) is 13.1 Å². The van der Waals surface area contributed by atoms with Crippen LogP contribution in [0.4, 0.5) is 0 Å². The van der Waals surface area contributed by atoms with Crippen molar-refractivity contribution in [1.82, 2.24) is 25.6 Å². The Morgan fingerprint density at radius 2 is 2.16 bits per heavy atom. The Labute approximate surface area is 109 Å². The molecular weight excluding hydrogens is 254 g/mol. The van der Waals surface area contributed by atoms with Gasteiger partial charge in [-0.05, 0) is 13.8 Å². The van der Waals surface area contributed by atoms with E-state index in [-0.39, 0.29) is 18.1 Å². The molecule has 0 spiro atoms. The molecule has 0 aliphatic heterocycles. The van der Waals surface area contributed by atoms with Crippen LogP contribution in [0.5, 0.6) is 0 Å². The lowest BCUT2D eigenvalue weighted by Crippen LogP contribution is -2.44. The summed E-state index contributed by atoms with van der Waals surface area (Å²) < 4.78 is 1.02. The van der Waals surface area contributed by atoms with E-state index in [0.717, 1.165) is 4.68 Å². The number of hydrogen-bond acceptors (Lipinski definition) is 5. The van der Waals surface area contributed by atoms with E-state index in [1.54, 1.807) is 6.92 Å². The van der Waals surface area contributed by atoms with Crippen LogP contribution in [0.3, 0.4) is 0 Å². The smallest absolute Gasteiger partial charge is 0.325 e. The third-order valence-corrected chi connectivity index (χ3v) is 2.16. The lowest BCUT2D eigenvalue weighted by atomic mass is 10.3. The molecule has 0 fully saturated rings. The maximum Gasteiger partial charge on any atom is 0.325 e. The number of hydrogen-bond donors (Lipinski definition) is 3. The summed E-state index contributed by atoms with van der Waals surface area (Å²) >= 11 is 0. The molecular formula is C10H15N5O4. The van der Waals surface area contributed by atoms with E-state index < -0.39 is 17.9 Å². The third kappa shape index (κ3) is 4.37. The molecule has 19 heavy (non-hydrogen) atoms. The summed E-state index contributed by atoms with van der Waals surface area (Å²) in [5.74, 6) is -1.99. The number of nitrogens with zero attached hydrogens (tertiary/aromatic N) is 3. The number of carboxylic acid groups (broad SMARTS) is 1. The summed E-state index contributed by atoms with van der Waals surface area (Å²) in [6, 6.07) is -0.711. The molecule has 0 aliphatic rings. The average Bonchev–Trinajstić information content (AvgIpc) is 2.76. The predicted octanol–water partition coefficient (Wildman–Crippen LogP) is -1.38. The minimum absolute atomic E-state index is 0.0441. The first-order valence-electron chi connectivity index (χ1n) is 5.64. The highest BCUT2D eigenvalue weighted by Crippen LogP contribution is 1.95. The van der Waals surface area contributed by atoms with E-state index >= 15 is 0 Å². The standard InChI is InChI=1S/C10H15N5O4/c1-3-11-9(18)6(2)12-10(19)7-4-15(14-13-7)5-8(16)17/h4,6H,3,5H2,1-2H3,(H,11,18)(H,12,19)(H,16,17). The highest BCUT2D eigenvalue weighted by Gasteiger charge is 2.18. The van der Waals surface area contributed by atoms with Crippen LogP contribution in [-0.2, 0) is 16.1 Å². The number of carbonyl (C=O) groups excluding carboxylic acids is 2. The van der Waals surface area contributed by atoms with Gasteiger partial charge in [0.2, 0.25) is 5.91 Å². The molecule has 1 unspecified atom stereocenters. The van der Waals surface area contributed by atoms with Crippen LogP contribution >= 0.6 is 0 Å². The minimum Gasteiger partial charge on any atom is -0.480 e. The second-order valence-electron chi connectivity index (χ2n) is 3.78. The van der Waals surface area contributed by atoms with Crippen LogP contribution in [0.2, 0.25) is 0 Å². The van der Waals surface area contributed by atoms with Gasteiger partial charge in [0.15, 0.2) is 5.69 Å². The van der Waals surface area contributed by atoms with Crippen LogP contribution in [-0.4, -0.2) is 50.5 Å². The molecule has 0 radical (unpaired) electrons. The quantitative estimate of drug-likeness (QED) is 0.584. The van der Waals surface area contributed by atoms with Gasteiger partial charge in [-0.25, -0.2) is 4.68 Å². The van der Waals surface area contributed by atoms with Crippen molar-refractivity contribution < 1.29 is 19.5 Å². The van der Waals surface area contributed by atoms with Crippen LogP contribution in [0, 0.1) is 0 Å². The lowest BCUT2D eigenvalue weighted by Gasteiger charge is -2.11. The van der Waals surface area contributed by atoms with Crippen molar-refractivity contribution in [2.45, 2.75) is 26.4 Å². The molecule has 0 aliphatic carbocycles. The van der Waals surface area contributed by atoms with Crippen molar-refractivity contribution in [3.05, 3.63) is 11.9 Å². The molecule has 104 valence electrons. The number of carbonyl (C=O) groups is 3. The maximum atomic E-state index is 11.7. The first kappa shape index (κ1) is 14.6. The number of likely N-dealkylation sites (N-methyl/N-ethyl adjacent to an activating group) is 1. The van der Waals surface area contributed by atoms with Crippen molar-refractivity contribution in [2.24, 2.45) is 0 Å². The van der Waals surface area contributed by atoms with Gasteiger partial charge >= 0.3 is 5.97 Å². The number of aromatic nitrogens is 3. The summed E-state index contributed by atoms with van der Waals surface area (Å²) in [6.07, 6.45) is 1.20. The van der Waals surface area contributed by atoms with Gasteiger partial charge in [0.1, 0.15) is 12.6 Å². The molecule has 0 saturated carbocycles. The second-order valence-corrected chi connectivity index (χ2v) is 3.78. The van der Waals surface area contributed by atoms with Gasteiger partial charge in [-0.1, -0.05) is 5.21 Å². The monoisotopic (exact) mass is 269 g/mol. The number of rotatable bonds is 6. The van der Waals surface area contributed by atoms with Crippen molar-refractivity contribution in [2.75, 3.05) is 6.54 Å². The Balaban J connectivity index is 2.60. The van der Waals surface area contributed by atoms with E-state index in [9.17, 15) is 14.4 Å². The van der Waals surface area contributed by atoms with E-state index in [1.807, 2.05) is 0 Å². The lowest BCUT2D eigenvalue weighted by molar-refractivity contribution is -0.138. The van der Waals surface area contributed by atoms with Gasteiger partial charge in [0, 0.05) is 6.54 Å². The average molecular weight is 269 g/mol. The molecule has 9 nitrogen and oxygen atoms in total. The summed E-state index contributed by atoms with van der Waals surface area (Å²) in [7, 11) is 0. The summed E-state index contributed by atoms with van der Waals surface area (Å²) in [6.45, 7) is 3.38. The first-order valence-corrected chi connectivity index (χ1v) is 5.64. The largest absolute Gasteiger partial charge is 0.480 e. The van der Waals surface area contributed by atoms with Crippen LogP contribution in [0.1, 0.15) is 24.3 Å². The molecule has 1 atom stereocenters. The molecule has 1 aromatic heterocycles. The zero-order chi connectivity index (χ0) is 14.4. The van der Waals surface area contributed by atoms with Crippen molar-refractivity contribution in [1.29, 1.82) is 0 Å². The molecule has 0 saturated heterocycles. The molecule has 1 aromatic rings. The third-order valence-electron chi connectivity index (χ3n) is 2.16. The van der Waals surface area contributed by atoms with E-state index in [2.05, 4.69) is 20.9 Å². The number of amides is 2. The molecule has 0 bridgehead atoms. The van der Waals surface area contributed by atoms with Gasteiger partial charge in [-0.15, -0.1) is 5.10 Å². The predicted molar refractivity (Wildman–Crippen MR) is 63.3 cm³/mol.